The van der Waals surface area contributed by atoms with Crippen molar-refractivity contribution in [3.63, 3.8) is 0 Å². The van der Waals surface area contributed by atoms with Gasteiger partial charge in [-0.2, -0.15) is 0 Å². The summed E-state index contributed by atoms with van der Waals surface area (Å²) in [6, 6.07) is 0.289. The predicted octanol–water partition coefficient (Wildman–Crippen LogP) is 1.62. The summed E-state index contributed by atoms with van der Waals surface area (Å²) in [7, 11) is 0. The molecule has 2 aliphatic rings. The molecule has 2 fully saturated rings. The number of nitrogens with one attached hydrogen (secondary N) is 2. The van der Waals surface area contributed by atoms with E-state index in [9.17, 15) is 4.79 Å². The Kier molecular flexibility index (Phi) is 7.82. The zero-order valence-corrected chi connectivity index (χ0v) is 15.5. The van der Waals surface area contributed by atoms with Gasteiger partial charge in [-0.15, -0.1) is 0 Å². The van der Waals surface area contributed by atoms with Gasteiger partial charge in [0.05, 0.1) is 0 Å². The summed E-state index contributed by atoms with van der Waals surface area (Å²) in [5, 5.41) is 6.75. The molecule has 1 aliphatic carbocycles. The lowest BCUT2D eigenvalue weighted by atomic mass is 10.2. The Morgan fingerprint density at radius 3 is 2.79 bits per heavy atom. The number of amides is 1. The largest absolute Gasteiger partial charge is 0.381 e. The van der Waals surface area contributed by atoms with Gasteiger partial charge in [0, 0.05) is 51.4 Å². The zero-order chi connectivity index (χ0) is 17.4. The minimum atomic E-state index is 0.0706. The maximum atomic E-state index is 12.1. The average molecular weight is 338 g/mol. The van der Waals surface area contributed by atoms with Crippen LogP contribution in [0.2, 0.25) is 0 Å². The lowest BCUT2D eigenvalue weighted by molar-refractivity contribution is -0.133. The van der Waals surface area contributed by atoms with E-state index in [2.05, 4.69) is 22.5 Å². The van der Waals surface area contributed by atoms with E-state index in [1.54, 1.807) is 0 Å². The van der Waals surface area contributed by atoms with E-state index in [1.165, 1.54) is 12.8 Å². The number of aliphatic imine (C=N–C) groups is 1. The Bertz CT molecular complexity index is 421. The predicted molar refractivity (Wildman–Crippen MR) is 97.1 cm³/mol. The van der Waals surface area contributed by atoms with Gasteiger partial charge in [0.2, 0.25) is 5.91 Å². The first-order valence-corrected chi connectivity index (χ1v) is 9.51. The molecule has 1 amide bonds. The molecule has 0 aromatic rings. The smallest absolute Gasteiger partial charge is 0.225 e. The highest BCUT2D eigenvalue weighted by molar-refractivity contribution is 5.81. The van der Waals surface area contributed by atoms with Crippen LogP contribution in [0.15, 0.2) is 4.99 Å². The van der Waals surface area contributed by atoms with Gasteiger partial charge in [-0.05, 0) is 38.5 Å². The molecular weight excluding hydrogens is 304 g/mol. The minimum absolute atomic E-state index is 0.0706. The Morgan fingerprint density at radius 2 is 2.12 bits per heavy atom. The molecular formula is C18H34N4O2. The Morgan fingerprint density at radius 1 is 1.33 bits per heavy atom. The number of rotatable bonds is 9. The molecule has 6 heteroatoms. The van der Waals surface area contributed by atoms with Crippen molar-refractivity contribution in [1.29, 1.82) is 0 Å². The van der Waals surface area contributed by atoms with Crippen molar-refractivity contribution in [3.05, 3.63) is 0 Å². The van der Waals surface area contributed by atoms with Gasteiger partial charge in [0.25, 0.3) is 0 Å². The molecule has 1 atom stereocenters. The van der Waals surface area contributed by atoms with Crippen molar-refractivity contribution in [1.82, 2.24) is 15.5 Å². The Hall–Kier alpha value is -1.30. The summed E-state index contributed by atoms with van der Waals surface area (Å²) >= 11 is 0. The number of guanidine groups is 1. The van der Waals surface area contributed by atoms with Crippen LogP contribution in [0.5, 0.6) is 0 Å². The second-order valence-corrected chi connectivity index (χ2v) is 7.20. The van der Waals surface area contributed by atoms with Gasteiger partial charge in [-0.3, -0.25) is 9.79 Å². The first-order valence-electron chi connectivity index (χ1n) is 9.51. The standard InChI is InChI=1S/C18H34N4O2/c1-4-19-18(20-9-5-11-24-13-15-6-7-15)21-16-8-10-22(12-16)17(23)14(2)3/h14-16H,4-13H2,1-3H3,(H2,19,20,21). The molecule has 2 N–H and O–H groups in total. The van der Waals surface area contributed by atoms with E-state index >= 15 is 0 Å². The number of likely N-dealkylation sites (tertiary alicyclic amines) is 1. The molecule has 2 rings (SSSR count). The van der Waals surface area contributed by atoms with E-state index in [0.717, 1.165) is 64.1 Å². The molecule has 1 heterocycles. The van der Waals surface area contributed by atoms with Crippen molar-refractivity contribution in [3.8, 4) is 0 Å². The van der Waals surface area contributed by atoms with Gasteiger partial charge >= 0.3 is 0 Å². The molecule has 24 heavy (non-hydrogen) atoms. The first-order chi connectivity index (χ1) is 11.6. The Labute approximate surface area is 146 Å². The van der Waals surface area contributed by atoms with Gasteiger partial charge in [-0.1, -0.05) is 13.8 Å². The molecule has 1 saturated carbocycles. The van der Waals surface area contributed by atoms with Crippen molar-refractivity contribution in [2.24, 2.45) is 16.8 Å². The lowest BCUT2D eigenvalue weighted by Gasteiger charge is -2.20. The van der Waals surface area contributed by atoms with E-state index < -0.39 is 0 Å². The van der Waals surface area contributed by atoms with E-state index in [4.69, 9.17) is 4.74 Å². The molecule has 0 spiro atoms. The molecule has 0 bridgehead atoms. The number of hydrogen-bond donors (Lipinski definition) is 2. The second-order valence-electron chi connectivity index (χ2n) is 7.20. The monoisotopic (exact) mass is 338 g/mol. The van der Waals surface area contributed by atoms with Crippen molar-refractivity contribution in [2.45, 2.75) is 52.5 Å². The number of hydrogen-bond acceptors (Lipinski definition) is 3. The van der Waals surface area contributed by atoms with Crippen LogP contribution in [-0.4, -0.2) is 62.2 Å². The molecule has 1 saturated heterocycles. The van der Waals surface area contributed by atoms with Gasteiger partial charge in [0.15, 0.2) is 5.96 Å². The molecule has 0 aromatic heterocycles. The van der Waals surface area contributed by atoms with Crippen LogP contribution in [0.4, 0.5) is 0 Å². The van der Waals surface area contributed by atoms with E-state index in [0.29, 0.717) is 0 Å². The summed E-state index contributed by atoms with van der Waals surface area (Å²) in [4.78, 5) is 18.6. The van der Waals surface area contributed by atoms with Crippen molar-refractivity contribution >= 4 is 11.9 Å². The fourth-order valence-corrected chi connectivity index (χ4v) is 2.85. The molecule has 1 aliphatic heterocycles. The van der Waals surface area contributed by atoms with Crippen molar-refractivity contribution < 1.29 is 9.53 Å². The number of nitrogens with zero attached hydrogens (tertiary/aromatic N) is 2. The van der Waals surface area contributed by atoms with Crippen LogP contribution < -0.4 is 10.6 Å². The highest BCUT2D eigenvalue weighted by atomic mass is 16.5. The summed E-state index contributed by atoms with van der Waals surface area (Å²) in [6.07, 6.45) is 4.61. The fraction of sp³-hybridized carbons (Fsp3) is 0.889. The van der Waals surface area contributed by atoms with Gasteiger partial charge < -0.3 is 20.3 Å². The number of ether oxygens (including phenoxy) is 1. The van der Waals surface area contributed by atoms with E-state index in [1.807, 2.05) is 18.7 Å². The lowest BCUT2D eigenvalue weighted by Crippen LogP contribution is -2.45. The second kappa shape index (κ2) is 9.87. The summed E-state index contributed by atoms with van der Waals surface area (Å²) in [6.45, 7) is 10.9. The SMILES string of the molecule is CCNC(=NCCCOCC1CC1)NC1CCN(C(=O)C(C)C)C1. The highest BCUT2D eigenvalue weighted by Crippen LogP contribution is 2.28. The highest BCUT2D eigenvalue weighted by Gasteiger charge is 2.27. The average Bonchev–Trinajstić information content (AvgIpc) is 3.27. The van der Waals surface area contributed by atoms with E-state index in [-0.39, 0.29) is 17.9 Å². The molecule has 0 radical (unpaired) electrons. The summed E-state index contributed by atoms with van der Waals surface area (Å²) in [5.74, 6) is 1.99. The third-order valence-electron chi connectivity index (χ3n) is 4.45. The minimum Gasteiger partial charge on any atom is -0.381 e. The van der Waals surface area contributed by atoms with Crippen LogP contribution in [0.1, 0.15) is 46.5 Å². The zero-order valence-electron chi connectivity index (χ0n) is 15.5. The summed E-state index contributed by atoms with van der Waals surface area (Å²) in [5.41, 5.74) is 0. The number of carbonyl (C=O) groups excluding carboxylic acids is 1. The van der Waals surface area contributed by atoms with Crippen LogP contribution >= 0.6 is 0 Å². The fourth-order valence-electron chi connectivity index (χ4n) is 2.85. The first kappa shape index (κ1) is 19.0. The van der Waals surface area contributed by atoms with Gasteiger partial charge in [-0.25, -0.2) is 0 Å². The molecule has 0 aromatic carbocycles. The quantitative estimate of drug-likeness (QED) is 0.381. The summed E-state index contributed by atoms with van der Waals surface area (Å²) < 4.78 is 5.64. The van der Waals surface area contributed by atoms with Crippen LogP contribution in [0.25, 0.3) is 0 Å². The van der Waals surface area contributed by atoms with Crippen molar-refractivity contribution in [2.75, 3.05) is 39.4 Å². The third kappa shape index (κ3) is 6.67. The Balaban J connectivity index is 1.67. The topological polar surface area (TPSA) is 66.0 Å². The molecule has 138 valence electrons. The normalized spacial score (nSPS) is 21.4. The van der Waals surface area contributed by atoms with Gasteiger partial charge in [0.1, 0.15) is 0 Å². The molecule has 6 nitrogen and oxygen atoms in total. The number of carbonyl (C=O) groups is 1. The third-order valence-corrected chi connectivity index (χ3v) is 4.45. The molecule has 1 unspecified atom stereocenters. The van der Waals surface area contributed by atoms with Crippen LogP contribution in [-0.2, 0) is 9.53 Å². The maximum Gasteiger partial charge on any atom is 0.225 e. The van der Waals surface area contributed by atoms with Crippen LogP contribution in [0, 0.1) is 11.8 Å². The maximum absolute atomic E-state index is 12.1. The van der Waals surface area contributed by atoms with Crippen LogP contribution in [0.3, 0.4) is 0 Å².